The van der Waals surface area contributed by atoms with Gasteiger partial charge in [0.15, 0.2) is 0 Å². The summed E-state index contributed by atoms with van der Waals surface area (Å²) >= 11 is 0. The molecule has 1 aromatic rings. The molecule has 34 heavy (non-hydrogen) atoms. The number of rotatable bonds is 6. The Morgan fingerprint density at radius 1 is 0.824 bits per heavy atom. The largest absolute Gasteiger partial charge is 0.390 e. The van der Waals surface area contributed by atoms with Crippen molar-refractivity contribution in [2.24, 2.45) is 46.3 Å². The topological polar surface area (TPSA) is 60.7 Å². The predicted molar refractivity (Wildman–Crippen MR) is 137 cm³/mol. The quantitative estimate of drug-likeness (QED) is 0.445. The molecule has 0 aromatic heterocycles. The number of hydrogen-bond acceptors (Lipinski definition) is 3. The fourth-order valence-electron chi connectivity index (χ4n) is 9.97. The van der Waals surface area contributed by atoms with Gasteiger partial charge >= 0.3 is 0 Å². The van der Waals surface area contributed by atoms with Crippen molar-refractivity contribution in [1.82, 2.24) is 0 Å². The maximum atomic E-state index is 10.8. The first-order chi connectivity index (χ1) is 16.3. The molecule has 11 atom stereocenters. The van der Waals surface area contributed by atoms with Gasteiger partial charge in [0.2, 0.25) is 0 Å². The smallest absolute Gasteiger partial charge is 0.0832 e. The van der Waals surface area contributed by atoms with Gasteiger partial charge in [0, 0.05) is 0 Å². The summed E-state index contributed by atoms with van der Waals surface area (Å²) in [5, 5.41) is 31.7. The van der Waals surface area contributed by atoms with Crippen LogP contribution in [0.15, 0.2) is 30.3 Å². The highest BCUT2D eigenvalue weighted by Gasteiger charge is 2.61. The lowest BCUT2D eigenvalue weighted by Crippen LogP contribution is -2.58. The molecule has 4 aliphatic rings. The molecule has 1 aromatic carbocycles. The first-order valence-corrected chi connectivity index (χ1v) is 14.3. The minimum Gasteiger partial charge on any atom is -0.390 e. The van der Waals surface area contributed by atoms with E-state index in [1.165, 1.54) is 38.5 Å². The molecule has 0 aliphatic heterocycles. The average molecular weight is 469 g/mol. The molecule has 0 bridgehead atoms. The number of aliphatic hydroxyl groups excluding tert-OH is 3. The van der Waals surface area contributed by atoms with Crippen LogP contribution in [0.5, 0.6) is 0 Å². The predicted octanol–water partition coefficient (Wildman–Crippen LogP) is 6.52. The molecule has 0 amide bonds. The zero-order chi connectivity index (χ0) is 24.1. The first kappa shape index (κ1) is 24.8. The van der Waals surface area contributed by atoms with E-state index in [-0.39, 0.29) is 17.4 Å². The van der Waals surface area contributed by atoms with Crippen LogP contribution in [-0.4, -0.2) is 27.5 Å². The van der Waals surface area contributed by atoms with Gasteiger partial charge in [0.25, 0.3) is 0 Å². The monoisotopic (exact) mass is 468 g/mol. The molecular weight excluding hydrogens is 420 g/mol. The fraction of sp³-hybridized carbons (Fsp3) is 0.806. The molecule has 2 unspecified atom stereocenters. The molecular formula is C31H48O3. The summed E-state index contributed by atoms with van der Waals surface area (Å²) in [5.41, 5.74) is 1.71. The Bertz CT molecular complexity index is 825. The molecule has 4 saturated carbocycles. The van der Waals surface area contributed by atoms with E-state index in [2.05, 4.69) is 20.8 Å². The van der Waals surface area contributed by atoms with Crippen molar-refractivity contribution in [3.8, 4) is 0 Å². The third-order valence-corrected chi connectivity index (χ3v) is 11.8. The molecule has 0 radical (unpaired) electrons. The Hall–Kier alpha value is -0.900. The summed E-state index contributed by atoms with van der Waals surface area (Å²) in [4.78, 5) is 0. The van der Waals surface area contributed by atoms with Crippen molar-refractivity contribution in [1.29, 1.82) is 0 Å². The Labute approximate surface area is 207 Å². The second-order valence-corrected chi connectivity index (χ2v) is 13.2. The minimum atomic E-state index is -0.518. The molecule has 0 saturated heterocycles. The van der Waals surface area contributed by atoms with Crippen LogP contribution >= 0.6 is 0 Å². The van der Waals surface area contributed by atoms with E-state index >= 15 is 0 Å². The number of hydrogen-bond donors (Lipinski definition) is 3. The third kappa shape index (κ3) is 4.08. The van der Waals surface area contributed by atoms with Crippen molar-refractivity contribution in [2.75, 3.05) is 0 Å². The Morgan fingerprint density at radius 3 is 2.26 bits per heavy atom. The fourth-order valence-corrected chi connectivity index (χ4v) is 9.97. The number of benzene rings is 1. The van der Waals surface area contributed by atoms with E-state index in [0.29, 0.717) is 11.3 Å². The van der Waals surface area contributed by atoms with Crippen LogP contribution in [0.1, 0.15) is 103 Å². The molecule has 190 valence electrons. The molecule has 3 nitrogen and oxygen atoms in total. The molecule has 3 N–H and O–H groups in total. The lowest BCUT2D eigenvalue weighted by atomic mass is 9.44. The zero-order valence-electron chi connectivity index (χ0n) is 21.7. The Morgan fingerprint density at radius 2 is 1.50 bits per heavy atom. The van der Waals surface area contributed by atoms with Crippen molar-refractivity contribution >= 4 is 0 Å². The highest BCUT2D eigenvalue weighted by atomic mass is 16.3. The van der Waals surface area contributed by atoms with Crippen LogP contribution in [0.4, 0.5) is 0 Å². The first-order valence-electron chi connectivity index (χ1n) is 14.3. The van der Waals surface area contributed by atoms with E-state index in [4.69, 9.17) is 0 Å². The van der Waals surface area contributed by atoms with E-state index in [1.54, 1.807) is 0 Å². The van der Waals surface area contributed by atoms with Crippen molar-refractivity contribution in [3.63, 3.8) is 0 Å². The van der Waals surface area contributed by atoms with E-state index in [9.17, 15) is 15.3 Å². The highest BCUT2D eigenvalue weighted by Crippen LogP contribution is 2.68. The standard InChI is InChI=1S/C31H48O3/c1-20(8-7-11-27(32)21-9-5-4-6-10-21)23-14-15-24-22-12-13-26-29(34)28(33)17-19-31(26,3)25(22)16-18-30(23,24)2/h4-6,9-10,20,22-29,32-34H,7-8,11-19H2,1-3H3/t20?,22-,23+,24-,25-,26-,27?,28-,29+,30+,31+/m0/s1. The molecule has 4 aliphatic carbocycles. The van der Waals surface area contributed by atoms with Gasteiger partial charge in [-0.2, -0.15) is 0 Å². The summed E-state index contributed by atoms with van der Waals surface area (Å²) in [6, 6.07) is 10.1. The summed E-state index contributed by atoms with van der Waals surface area (Å²) in [6.07, 6.45) is 11.4. The van der Waals surface area contributed by atoms with Crippen LogP contribution in [-0.2, 0) is 0 Å². The molecule has 5 rings (SSSR count). The van der Waals surface area contributed by atoms with Gasteiger partial charge in [-0.3, -0.25) is 0 Å². The summed E-state index contributed by atoms with van der Waals surface area (Å²) < 4.78 is 0. The van der Waals surface area contributed by atoms with Crippen molar-refractivity contribution in [3.05, 3.63) is 35.9 Å². The molecule has 4 fully saturated rings. The maximum absolute atomic E-state index is 10.8. The van der Waals surface area contributed by atoms with Crippen molar-refractivity contribution < 1.29 is 15.3 Å². The lowest BCUT2D eigenvalue weighted by molar-refractivity contribution is -0.174. The zero-order valence-corrected chi connectivity index (χ0v) is 21.7. The molecule has 0 heterocycles. The van der Waals surface area contributed by atoms with Gasteiger partial charge in [-0.15, -0.1) is 0 Å². The van der Waals surface area contributed by atoms with Crippen LogP contribution in [0.2, 0.25) is 0 Å². The summed E-state index contributed by atoms with van der Waals surface area (Å²) in [6.45, 7) is 7.56. The number of aliphatic hydroxyl groups is 3. The van der Waals surface area contributed by atoms with E-state index in [1.807, 2.05) is 30.3 Å². The van der Waals surface area contributed by atoms with Gasteiger partial charge < -0.3 is 15.3 Å². The second-order valence-electron chi connectivity index (χ2n) is 13.2. The normalized spacial score (nSPS) is 45.6. The second kappa shape index (κ2) is 9.52. The third-order valence-electron chi connectivity index (χ3n) is 11.8. The summed E-state index contributed by atoms with van der Waals surface area (Å²) in [5.74, 6) is 4.16. The maximum Gasteiger partial charge on any atom is 0.0832 e. The number of fused-ring (bicyclic) bond motifs is 5. The van der Waals surface area contributed by atoms with Crippen molar-refractivity contribution in [2.45, 2.75) is 110 Å². The lowest BCUT2D eigenvalue weighted by Gasteiger charge is -2.62. The van der Waals surface area contributed by atoms with Crippen LogP contribution in [0, 0.1) is 46.3 Å². The average Bonchev–Trinajstić information content (AvgIpc) is 3.19. The van der Waals surface area contributed by atoms with Gasteiger partial charge in [0.1, 0.15) is 0 Å². The minimum absolute atomic E-state index is 0.209. The van der Waals surface area contributed by atoms with Gasteiger partial charge in [-0.25, -0.2) is 0 Å². The van der Waals surface area contributed by atoms with Gasteiger partial charge in [-0.1, -0.05) is 63.9 Å². The van der Waals surface area contributed by atoms with Gasteiger partial charge in [-0.05, 0) is 110 Å². The van der Waals surface area contributed by atoms with Crippen LogP contribution in [0.3, 0.4) is 0 Å². The van der Waals surface area contributed by atoms with Crippen LogP contribution in [0.25, 0.3) is 0 Å². The Balaban J connectivity index is 1.22. The van der Waals surface area contributed by atoms with E-state index < -0.39 is 12.2 Å². The van der Waals surface area contributed by atoms with Crippen LogP contribution < -0.4 is 0 Å². The summed E-state index contributed by atoms with van der Waals surface area (Å²) in [7, 11) is 0. The van der Waals surface area contributed by atoms with E-state index in [0.717, 1.165) is 61.3 Å². The highest BCUT2D eigenvalue weighted by molar-refractivity contribution is 5.17. The molecule has 0 spiro atoms. The Kier molecular flexibility index (Phi) is 6.94. The SMILES string of the molecule is CC(CCCC(O)c1ccccc1)[C@H]1CC[C@H]2[C@@H]3CC[C@H]4[C@@H](O)[C@@H](O)CC[C@]4(C)[C@H]3CC[C@]12C. The molecule has 3 heteroatoms. The van der Waals surface area contributed by atoms with Gasteiger partial charge in [0.05, 0.1) is 18.3 Å².